The smallest absolute Gasteiger partial charge is 0.408 e. The van der Waals surface area contributed by atoms with Crippen LogP contribution in [0.3, 0.4) is 0 Å². The molecule has 0 saturated heterocycles. The first-order chi connectivity index (χ1) is 13.2. The van der Waals surface area contributed by atoms with E-state index in [1.807, 2.05) is 26.8 Å². The highest BCUT2D eigenvalue weighted by molar-refractivity contribution is 5.96. The Morgan fingerprint density at radius 3 is 2.39 bits per heavy atom. The fourth-order valence-corrected chi connectivity index (χ4v) is 2.78. The second-order valence-electron chi connectivity index (χ2n) is 7.57. The Hall–Kier alpha value is -3.35. The van der Waals surface area contributed by atoms with Crippen molar-refractivity contribution in [1.82, 2.24) is 9.88 Å². The second kappa shape index (κ2) is 7.72. The average molecular weight is 381 g/mol. The van der Waals surface area contributed by atoms with Crippen LogP contribution in [-0.4, -0.2) is 21.9 Å². The number of amides is 2. The second-order valence-corrected chi connectivity index (χ2v) is 7.57. The summed E-state index contributed by atoms with van der Waals surface area (Å²) in [5.41, 5.74) is 1.94. The lowest BCUT2D eigenvalue weighted by Crippen LogP contribution is -2.40. The number of aromatic nitrogens is 1. The maximum absolute atomic E-state index is 12.2. The van der Waals surface area contributed by atoms with E-state index in [2.05, 4.69) is 10.6 Å². The van der Waals surface area contributed by atoms with Crippen LogP contribution in [0.2, 0.25) is 0 Å². The van der Waals surface area contributed by atoms with Crippen LogP contribution in [0.1, 0.15) is 37.6 Å². The molecule has 0 fully saturated rings. The van der Waals surface area contributed by atoms with Gasteiger partial charge in [-0.3, -0.25) is 14.2 Å². The number of anilines is 1. The molecule has 0 saturated carbocycles. The fraction of sp³-hybridized carbons (Fsp3) is 0.286. The van der Waals surface area contributed by atoms with E-state index < -0.39 is 5.76 Å². The van der Waals surface area contributed by atoms with E-state index in [1.54, 1.807) is 42.5 Å². The first-order valence-electron chi connectivity index (χ1n) is 9.04. The van der Waals surface area contributed by atoms with E-state index in [0.717, 1.165) is 0 Å². The van der Waals surface area contributed by atoms with Gasteiger partial charge in [0.15, 0.2) is 5.58 Å². The predicted octanol–water partition coefficient (Wildman–Crippen LogP) is 3.15. The molecule has 7 nitrogen and oxygen atoms in total. The van der Waals surface area contributed by atoms with Crippen LogP contribution >= 0.6 is 0 Å². The van der Waals surface area contributed by atoms with Crippen molar-refractivity contribution < 1.29 is 14.0 Å². The van der Waals surface area contributed by atoms with E-state index in [0.29, 0.717) is 22.4 Å². The van der Waals surface area contributed by atoms with E-state index in [-0.39, 0.29) is 30.3 Å². The topological polar surface area (TPSA) is 93.3 Å². The third kappa shape index (κ3) is 4.68. The molecule has 0 unspecified atom stereocenters. The van der Waals surface area contributed by atoms with Crippen LogP contribution in [0.15, 0.2) is 57.7 Å². The van der Waals surface area contributed by atoms with Gasteiger partial charge >= 0.3 is 5.76 Å². The fourth-order valence-electron chi connectivity index (χ4n) is 2.78. The third-order valence-corrected chi connectivity index (χ3v) is 4.06. The average Bonchev–Trinajstić information content (AvgIpc) is 2.94. The minimum Gasteiger partial charge on any atom is -0.408 e. The molecule has 28 heavy (non-hydrogen) atoms. The van der Waals surface area contributed by atoms with E-state index in [4.69, 9.17) is 4.42 Å². The highest BCUT2D eigenvalue weighted by Gasteiger charge is 2.15. The number of hydrogen-bond donors (Lipinski definition) is 2. The molecule has 0 radical (unpaired) electrons. The van der Waals surface area contributed by atoms with E-state index >= 15 is 0 Å². The number of fused-ring (bicyclic) bond motifs is 1. The van der Waals surface area contributed by atoms with Crippen molar-refractivity contribution in [2.45, 2.75) is 39.3 Å². The summed E-state index contributed by atoms with van der Waals surface area (Å²) in [6.45, 7) is 5.95. The molecule has 3 aromatic rings. The van der Waals surface area contributed by atoms with Crippen LogP contribution in [-0.2, 0) is 11.3 Å². The molecule has 1 aromatic heterocycles. The molecule has 0 aliphatic rings. The summed E-state index contributed by atoms with van der Waals surface area (Å²) >= 11 is 0. The van der Waals surface area contributed by atoms with Crippen LogP contribution < -0.4 is 16.4 Å². The molecule has 0 aliphatic carbocycles. The van der Waals surface area contributed by atoms with Crippen LogP contribution in [0.4, 0.5) is 5.69 Å². The number of nitrogens with one attached hydrogen (secondary N) is 2. The zero-order chi connectivity index (χ0) is 20.3. The summed E-state index contributed by atoms with van der Waals surface area (Å²) in [7, 11) is 0. The Bertz CT molecular complexity index is 1060. The minimum atomic E-state index is -0.483. The van der Waals surface area contributed by atoms with Crippen molar-refractivity contribution >= 4 is 28.6 Å². The Morgan fingerprint density at radius 2 is 1.71 bits per heavy atom. The first-order valence-corrected chi connectivity index (χ1v) is 9.04. The van der Waals surface area contributed by atoms with Crippen molar-refractivity contribution in [1.29, 1.82) is 0 Å². The standard InChI is InChI=1S/C21H23N3O4/c1-21(2,3)23-19(26)14-8-10-15(11-9-14)22-18(25)12-13-24-16-6-4-5-7-17(16)28-20(24)27/h4-11H,12-13H2,1-3H3,(H,22,25)(H,23,26). The molecule has 2 N–H and O–H groups in total. The Labute approximate surface area is 162 Å². The van der Waals surface area contributed by atoms with Gasteiger partial charge in [0, 0.05) is 29.8 Å². The van der Waals surface area contributed by atoms with E-state index in [1.165, 1.54) is 4.57 Å². The van der Waals surface area contributed by atoms with Gasteiger partial charge in [-0.15, -0.1) is 0 Å². The Kier molecular flexibility index (Phi) is 5.35. The van der Waals surface area contributed by atoms with Gasteiger partial charge in [-0.25, -0.2) is 4.79 Å². The molecule has 1 heterocycles. The molecular formula is C21H23N3O4. The number of benzene rings is 2. The lowest BCUT2D eigenvalue weighted by molar-refractivity contribution is -0.116. The third-order valence-electron chi connectivity index (χ3n) is 4.06. The quantitative estimate of drug-likeness (QED) is 0.710. The number of carbonyl (C=O) groups excluding carboxylic acids is 2. The highest BCUT2D eigenvalue weighted by Crippen LogP contribution is 2.14. The summed E-state index contributed by atoms with van der Waals surface area (Å²) in [4.78, 5) is 36.3. The number of hydrogen-bond acceptors (Lipinski definition) is 4. The minimum absolute atomic E-state index is 0.121. The molecule has 146 valence electrons. The first kappa shape index (κ1) is 19.4. The largest absolute Gasteiger partial charge is 0.419 e. The van der Waals surface area contributed by atoms with Crippen molar-refractivity contribution in [2.75, 3.05) is 5.32 Å². The summed E-state index contributed by atoms with van der Waals surface area (Å²) in [5, 5.41) is 5.65. The summed E-state index contributed by atoms with van der Waals surface area (Å²) < 4.78 is 6.60. The van der Waals surface area contributed by atoms with Crippen LogP contribution in [0, 0.1) is 0 Å². The molecule has 2 amide bonds. The molecule has 3 rings (SSSR count). The molecule has 7 heteroatoms. The highest BCUT2D eigenvalue weighted by atomic mass is 16.4. The van der Waals surface area contributed by atoms with Gasteiger partial charge in [0.1, 0.15) is 0 Å². The molecular weight excluding hydrogens is 358 g/mol. The van der Waals surface area contributed by atoms with Gasteiger partial charge in [0.05, 0.1) is 5.52 Å². The lowest BCUT2D eigenvalue weighted by atomic mass is 10.1. The van der Waals surface area contributed by atoms with Gasteiger partial charge in [0.2, 0.25) is 5.91 Å². The van der Waals surface area contributed by atoms with Crippen molar-refractivity contribution in [3.05, 3.63) is 64.6 Å². The molecule has 0 atom stereocenters. The SMILES string of the molecule is CC(C)(C)NC(=O)c1ccc(NC(=O)CCn2c(=O)oc3ccccc32)cc1. The van der Waals surface area contributed by atoms with Crippen molar-refractivity contribution in [2.24, 2.45) is 0 Å². The summed E-state index contributed by atoms with van der Waals surface area (Å²) in [6.07, 6.45) is 0.121. The molecule has 2 aromatic carbocycles. The number of carbonyl (C=O) groups is 2. The van der Waals surface area contributed by atoms with Gasteiger partial charge < -0.3 is 15.1 Å². The zero-order valence-corrected chi connectivity index (χ0v) is 16.1. The molecule has 0 aliphatic heterocycles. The number of aryl methyl sites for hydroxylation is 1. The van der Waals surface area contributed by atoms with Gasteiger partial charge in [-0.2, -0.15) is 0 Å². The van der Waals surface area contributed by atoms with Gasteiger partial charge in [-0.05, 0) is 57.2 Å². The number of rotatable bonds is 5. The number of nitrogens with zero attached hydrogens (tertiary/aromatic N) is 1. The number of oxazole rings is 1. The maximum Gasteiger partial charge on any atom is 0.419 e. The summed E-state index contributed by atoms with van der Waals surface area (Å²) in [6, 6.07) is 13.8. The monoisotopic (exact) mass is 381 g/mol. The summed E-state index contributed by atoms with van der Waals surface area (Å²) in [5.74, 6) is -0.885. The Balaban J connectivity index is 1.60. The molecule has 0 bridgehead atoms. The van der Waals surface area contributed by atoms with Crippen molar-refractivity contribution in [3.8, 4) is 0 Å². The maximum atomic E-state index is 12.2. The normalized spacial score (nSPS) is 11.4. The Morgan fingerprint density at radius 1 is 1.04 bits per heavy atom. The van der Waals surface area contributed by atoms with Gasteiger partial charge in [-0.1, -0.05) is 12.1 Å². The molecule has 0 spiro atoms. The van der Waals surface area contributed by atoms with Gasteiger partial charge in [0.25, 0.3) is 5.91 Å². The number of para-hydroxylation sites is 2. The lowest BCUT2D eigenvalue weighted by Gasteiger charge is -2.20. The van der Waals surface area contributed by atoms with Crippen LogP contribution in [0.5, 0.6) is 0 Å². The zero-order valence-electron chi connectivity index (χ0n) is 16.1. The van der Waals surface area contributed by atoms with Crippen LogP contribution in [0.25, 0.3) is 11.1 Å². The van der Waals surface area contributed by atoms with E-state index in [9.17, 15) is 14.4 Å². The van der Waals surface area contributed by atoms with Crippen molar-refractivity contribution in [3.63, 3.8) is 0 Å². The predicted molar refractivity (Wildman–Crippen MR) is 107 cm³/mol.